The van der Waals surface area contributed by atoms with E-state index in [1.807, 2.05) is 4.90 Å². The van der Waals surface area contributed by atoms with Crippen LogP contribution < -0.4 is 10.2 Å². The number of carbonyl (C=O) groups is 3. The maximum absolute atomic E-state index is 12.9. The number of piperidine rings is 1. The van der Waals surface area contributed by atoms with E-state index in [4.69, 9.17) is 0 Å². The molecule has 0 bridgehead atoms. The Bertz CT molecular complexity index is 864. The number of rotatable bonds is 6. The molecular weight excluding hydrogens is 404 g/mol. The van der Waals surface area contributed by atoms with Gasteiger partial charge in [0, 0.05) is 37.8 Å². The number of likely N-dealkylation sites (tertiary alicyclic amines) is 2. The van der Waals surface area contributed by atoms with Crippen molar-refractivity contribution in [1.29, 1.82) is 0 Å². The third-order valence-electron chi connectivity index (χ3n) is 6.83. The topological polar surface area (TPSA) is 73.0 Å². The molecule has 1 aromatic carbocycles. The normalized spacial score (nSPS) is 21.0. The summed E-state index contributed by atoms with van der Waals surface area (Å²) >= 11 is 0. The lowest BCUT2D eigenvalue weighted by atomic mass is 9.99. The Kier molecular flexibility index (Phi) is 7.25. The van der Waals surface area contributed by atoms with Crippen LogP contribution in [0.2, 0.25) is 0 Å². The van der Waals surface area contributed by atoms with E-state index >= 15 is 0 Å². The third-order valence-corrected chi connectivity index (χ3v) is 6.83. The van der Waals surface area contributed by atoms with Gasteiger partial charge < -0.3 is 15.1 Å². The van der Waals surface area contributed by atoms with Gasteiger partial charge in [0.1, 0.15) is 5.70 Å². The van der Waals surface area contributed by atoms with Gasteiger partial charge in [0.25, 0.3) is 17.7 Å². The van der Waals surface area contributed by atoms with E-state index in [9.17, 15) is 14.4 Å². The fourth-order valence-corrected chi connectivity index (χ4v) is 4.73. The Hall–Kier alpha value is -2.67. The van der Waals surface area contributed by atoms with Crippen molar-refractivity contribution in [2.45, 2.75) is 45.4 Å². The van der Waals surface area contributed by atoms with Gasteiger partial charge in [0.2, 0.25) is 0 Å². The van der Waals surface area contributed by atoms with Gasteiger partial charge in [-0.15, -0.1) is 0 Å². The average Bonchev–Trinajstić information content (AvgIpc) is 2.96. The van der Waals surface area contributed by atoms with E-state index in [0.717, 1.165) is 45.6 Å². The molecule has 0 aromatic heterocycles. The number of hydrogen-bond acceptors (Lipinski definition) is 5. The Morgan fingerprint density at radius 1 is 0.969 bits per heavy atom. The molecule has 0 spiro atoms. The molecular formula is C25H34N4O3. The second-order valence-electron chi connectivity index (χ2n) is 9.24. The lowest BCUT2D eigenvalue weighted by Crippen LogP contribution is -2.38. The van der Waals surface area contributed by atoms with Gasteiger partial charge in [-0.2, -0.15) is 0 Å². The molecule has 1 aromatic rings. The van der Waals surface area contributed by atoms with E-state index < -0.39 is 0 Å². The highest BCUT2D eigenvalue weighted by atomic mass is 16.2. The summed E-state index contributed by atoms with van der Waals surface area (Å²) in [6.07, 6.45) is 8.56. The molecule has 0 unspecified atom stereocenters. The number of hydrogen-bond donors (Lipinski definition) is 1. The molecule has 4 rings (SSSR count). The van der Waals surface area contributed by atoms with Crippen LogP contribution >= 0.6 is 0 Å². The number of anilines is 1. The molecule has 3 heterocycles. The molecule has 1 N–H and O–H groups in total. The molecule has 0 saturated carbocycles. The van der Waals surface area contributed by atoms with Crippen molar-refractivity contribution in [2.24, 2.45) is 5.92 Å². The van der Waals surface area contributed by atoms with E-state index in [1.54, 1.807) is 24.3 Å². The molecule has 172 valence electrons. The second kappa shape index (κ2) is 10.3. The molecule has 3 aliphatic rings. The minimum Gasteiger partial charge on any atom is -0.367 e. The SMILES string of the molecule is CC1CCN(C2=CC(=O)N(c3ccc(C(=O)NCCN4CCCCCC4)cc3)C2=O)CC1. The van der Waals surface area contributed by atoms with Crippen LogP contribution in [-0.4, -0.2) is 66.8 Å². The number of benzene rings is 1. The minimum atomic E-state index is -0.321. The summed E-state index contributed by atoms with van der Waals surface area (Å²) in [4.78, 5) is 43.6. The zero-order valence-electron chi connectivity index (χ0n) is 19.0. The summed E-state index contributed by atoms with van der Waals surface area (Å²) in [5.74, 6) is -0.0811. The summed E-state index contributed by atoms with van der Waals surface area (Å²) in [5, 5.41) is 2.98. The summed E-state index contributed by atoms with van der Waals surface area (Å²) in [6, 6.07) is 6.71. The number of nitrogens with zero attached hydrogens (tertiary/aromatic N) is 3. The van der Waals surface area contributed by atoms with Gasteiger partial charge in [-0.1, -0.05) is 19.8 Å². The van der Waals surface area contributed by atoms with Gasteiger partial charge in [0.15, 0.2) is 0 Å². The van der Waals surface area contributed by atoms with E-state index in [-0.39, 0.29) is 17.7 Å². The number of imide groups is 1. The smallest absolute Gasteiger partial charge is 0.281 e. The van der Waals surface area contributed by atoms with Crippen LogP contribution in [0.1, 0.15) is 55.8 Å². The third kappa shape index (κ3) is 5.21. The van der Waals surface area contributed by atoms with E-state index in [0.29, 0.717) is 29.4 Å². The van der Waals surface area contributed by atoms with Gasteiger partial charge in [-0.25, -0.2) is 4.90 Å². The van der Waals surface area contributed by atoms with Crippen molar-refractivity contribution in [3.8, 4) is 0 Å². The quantitative estimate of drug-likeness (QED) is 0.692. The first-order chi connectivity index (χ1) is 15.5. The first-order valence-electron chi connectivity index (χ1n) is 12.0. The monoisotopic (exact) mass is 438 g/mol. The number of amides is 3. The van der Waals surface area contributed by atoms with Crippen LogP contribution in [0.5, 0.6) is 0 Å². The summed E-state index contributed by atoms with van der Waals surface area (Å²) in [5.41, 5.74) is 1.51. The molecule has 3 amide bonds. The zero-order chi connectivity index (χ0) is 22.5. The fourth-order valence-electron chi connectivity index (χ4n) is 4.73. The standard InChI is InChI=1S/C25H34N4O3/c1-19-10-15-28(16-11-19)22-18-23(30)29(25(22)32)21-8-6-20(7-9-21)24(31)26-12-17-27-13-4-2-3-5-14-27/h6-9,18-19H,2-5,10-17H2,1H3,(H,26,31). The van der Waals surface area contributed by atoms with Crippen molar-refractivity contribution in [2.75, 3.05) is 44.2 Å². The lowest BCUT2D eigenvalue weighted by Gasteiger charge is -2.32. The number of carbonyl (C=O) groups excluding carboxylic acids is 3. The van der Waals surface area contributed by atoms with Crippen molar-refractivity contribution in [1.82, 2.24) is 15.1 Å². The van der Waals surface area contributed by atoms with Crippen LogP contribution in [0.15, 0.2) is 36.0 Å². The fraction of sp³-hybridized carbons (Fsp3) is 0.560. The first-order valence-corrected chi connectivity index (χ1v) is 12.0. The second-order valence-corrected chi connectivity index (χ2v) is 9.24. The molecule has 7 nitrogen and oxygen atoms in total. The Morgan fingerprint density at radius 3 is 2.28 bits per heavy atom. The lowest BCUT2D eigenvalue weighted by molar-refractivity contribution is -0.121. The largest absolute Gasteiger partial charge is 0.367 e. The predicted molar refractivity (Wildman–Crippen MR) is 124 cm³/mol. The van der Waals surface area contributed by atoms with Crippen LogP contribution in [0.4, 0.5) is 5.69 Å². The highest BCUT2D eigenvalue weighted by Gasteiger charge is 2.36. The predicted octanol–water partition coefficient (Wildman–Crippen LogP) is 2.78. The molecule has 2 fully saturated rings. The highest BCUT2D eigenvalue weighted by Crippen LogP contribution is 2.27. The molecule has 0 radical (unpaired) electrons. The van der Waals surface area contributed by atoms with Crippen molar-refractivity contribution in [3.05, 3.63) is 41.6 Å². The molecule has 7 heteroatoms. The van der Waals surface area contributed by atoms with Gasteiger partial charge in [-0.05, 0) is 69.0 Å². The highest BCUT2D eigenvalue weighted by molar-refractivity contribution is 6.30. The van der Waals surface area contributed by atoms with Crippen molar-refractivity contribution >= 4 is 23.4 Å². The van der Waals surface area contributed by atoms with Crippen LogP contribution in [0.3, 0.4) is 0 Å². The molecule has 32 heavy (non-hydrogen) atoms. The zero-order valence-corrected chi connectivity index (χ0v) is 19.0. The minimum absolute atomic E-state index is 0.133. The summed E-state index contributed by atoms with van der Waals surface area (Å²) in [7, 11) is 0. The van der Waals surface area contributed by atoms with Crippen molar-refractivity contribution in [3.63, 3.8) is 0 Å². The molecule has 0 atom stereocenters. The Labute approximate surface area is 190 Å². The number of nitrogens with one attached hydrogen (secondary N) is 1. The maximum Gasteiger partial charge on any atom is 0.281 e. The van der Waals surface area contributed by atoms with Crippen LogP contribution in [-0.2, 0) is 9.59 Å². The molecule has 0 aliphatic carbocycles. The van der Waals surface area contributed by atoms with E-state index in [1.165, 1.54) is 36.7 Å². The van der Waals surface area contributed by atoms with Crippen LogP contribution in [0, 0.1) is 5.92 Å². The first kappa shape index (κ1) is 22.5. The van der Waals surface area contributed by atoms with Gasteiger partial charge in [-0.3, -0.25) is 14.4 Å². The van der Waals surface area contributed by atoms with E-state index in [2.05, 4.69) is 17.1 Å². The van der Waals surface area contributed by atoms with Gasteiger partial charge in [0.05, 0.1) is 5.69 Å². The summed E-state index contributed by atoms with van der Waals surface area (Å²) in [6.45, 7) is 7.51. The van der Waals surface area contributed by atoms with Crippen LogP contribution in [0.25, 0.3) is 0 Å². The molecule has 3 aliphatic heterocycles. The summed E-state index contributed by atoms with van der Waals surface area (Å²) < 4.78 is 0. The van der Waals surface area contributed by atoms with Gasteiger partial charge >= 0.3 is 0 Å². The molecule has 2 saturated heterocycles. The van der Waals surface area contributed by atoms with Crippen molar-refractivity contribution < 1.29 is 14.4 Å². The Morgan fingerprint density at radius 2 is 1.62 bits per heavy atom. The maximum atomic E-state index is 12.9. The average molecular weight is 439 g/mol. The Balaban J connectivity index is 1.31.